The van der Waals surface area contributed by atoms with Crippen molar-refractivity contribution in [1.82, 2.24) is 0 Å². The van der Waals surface area contributed by atoms with Crippen molar-refractivity contribution in [3.63, 3.8) is 0 Å². The van der Waals surface area contributed by atoms with Crippen molar-refractivity contribution in [3.05, 3.63) is 23.8 Å². The summed E-state index contributed by atoms with van der Waals surface area (Å²) < 4.78 is 90.0. The number of aliphatic hydroxyl groups excluding tert-OH is 16. The third kappa shape index (κ3) is 13.6. The van der Waals surface area contributed by atoms with Crippen molar-refractivity contribution in [2.45, 2.75) is 302 Å². The summed E-state index contributed by atoms with van der Waals surface area (Å²) in [4.78, 5) is 14.6. The van der Waals surface area contributed by atoms with E-state index in [-0.39, 0.29) is 17.8 Å². The van der Waals surface area contributed by atoms with Crippen molar-refractivity contribution in [2.75, 3.05) is 47.3 Å². The van der Waals surface area contributed by atoms with Crippen LogP contribution in [-0.2, 0) is 75.8 Å². The zero-order valence-electron chi connectivity index (χ0n) is 58.0. The van der Waals surface area contributed by atoms with Gasteiger partial charge in [0.15, 0.2) is 37.7 Å². The van der Waals surface area contributed by atoms with Crippen LogP contribution in [0.25, 0.3) is 0 Å². The SMILES string of the molecule is COC1C(O)C(CO)OC(OC2C(O)C(CO)OC(OC3COC(OC4CCC5(C)C6=CC(O)C78C(=O)OC(C)(CC=CC(C)(C)O)C7CCC8(C)C6CCC5C4(C)C)C(OC4OC(C)C(OC5OC(CO)C(O)C(OC6OC(CO)C(O)C(OC)C6O)C5O)C(O)C4O)C3O)C2O)C1O. The highest BCUT2D eigenvalue weighted by Crippen LogP contribution is 2.76. The molecule has 38 unspecified atom stereocenters. The maximum Gasteiger partial charge on any atom is 0.316 e. The van der Waals surface area contributed by atoms with Crippen molar-refractivity contribution >= 4 is 5.97 Å². The molecule has 11 aliphatic rings. The van der Waals surface area contributed by atoms with E-state index in [4.69, 9.17) is 71.1 Å². The molecule has 0 amide bonds. The Hall–Kier alpha value is -2.29. The molecule has 17 N–H and O–H groups in total. The molecule has 3 saturated carbocycles. The van der Waals surface area contributed by atoms with Gasteiger partial charge in [0.25, 0.3) is 0 Å². The van der Waals surface area contributed by atoms with Crippen LogP contribution in [0.1, 0.15) is 100 Å². The smallest absolute Gasteiger partial charge is 0.316 e. The minimum Gasteiger partial charge on any atom is -0.458 e. The highest BCUT2D eigenvalue weighted by atomic mass is 16.8. The van der Waals surface area contributed by atoms with E-state index in [2.05, 4.69) is 27.7 Å². The quantitative estimate of drug-likeness (QED) is 0.0290. The number of carbonyl (C=O) groups excluding carboxylic acids is 1. The van der Waals surface area contributed by atoms with Gasteiger partial charge in [-0.2, -0.15) is 0 Å². The molecular weight excluding hydrogens is 1330 g/mol. The molecule has 0 radical (unpaired) electrons. The minimum absolute atomic E-state index is 0.101. The molecule has 4 aliphatic carbocycles. The van der Waals surface area contributed by atoms with Gasteiger partial charge in [-0.3, -0.25) is 4.79 Å². The predicted octanol–water partition coefficient (Wildman–Crippen LogP) is -5.14. The summed E-state index contributed by atoms with van der Waals surface area (Å²) in [6, 6.07) is 0. The molecule has 100 heavy (non-hydrogen) atoms. The minimum atomic E-state index is -2.09. The molecule has 7 aliphatic heterocycles. The number of esters is 1. The van der Waals surface area contributed by atoms with Crippen molar-refractivity contribution in [2.24, 2.45) is 39.4 Å². The zero-order valence-corrected chi connectivity index (χ0v) is 58.0. The van der Waals surface area contributed by atoms with Crippen LogP contribution >= 0.6 is 0 Å². The monoisotopic (exact) mass is 1440 g/mol. The van der Waals surface area contributed by atoms with Crippen LogP contribution in [0.15, 0.2) is 23.8 Å². The summed E-state index contributed by atoms with van der Waals surface area (Å²) in [5.74, 6) is -0.960. The molecular formula is C67H108O33. The van der Waals surface area contributed by atoms with Crippen LogP contribution in [0.5, 0.6) is 0 Å². The highest BCUT2D eigenvalue weighted by molar-refractivity contribution is 5.84. The summed E-state index contributed by atoms with van der Waals surface area (Å²) in [5, 5.41) is 190. The summed E-state index contributed by atoms with van der Waals surface area (Å²) in [6.45, 7) is 11.2. The average Bonchev–Trinajstić information content (AvgIpc) is 1.45. The summed E-state index contributed by atoms with van der Waals surface area (Å²) in [6.07, 6.45) is -42.0. The van der Waals surface area contributed by atoms with Gasteiger partial charge in [0.1, 0.15) is 145 Å². The van der Waals surface area contributed by atoms with E-state index in [9.17, 15) is 91.6 Å². The maximum absolute atomic E-state index is 14.6. The molecule has 0 aromatic carbocycles. The number of carbonyl (C=O) groups is 1. The number of fused-ring (bicyclic) bond motifs is 4. The normalized spacial score (nSPS) is 52.7. The van der Waals surface area contributed by atoms with E-state index in [0.29, 0.717) is 44.9 Å². The number of ether oxygens (including phenoxy) is 15. The molecule has 0 aromatic heterocycles. The van der Waals surface area contributed by atoms with E-state index in [1.165, 1.54) is 21.1 Å². The molecule has 1 spiro atoms. The van der Waals surface area contributed by atoms with E-state index in [1.807, 2.05) is 19.1 Å². The molecule has 10 fully saturated rings. The van der Waals surface area contributed by atoms with Crippen LogP contribution in [0.3, 0.4) is 0 Å². The second-order valence-electron chi connectivity index (χ2n) is 31.2. The third-order valence-corrected chi connectivity index (χ3v) is 24.5. The lowest BCUT2D eigenvalue weighted by atomic mass is 9.40. The Labute approximate surface area is 579 Å². The standard InChI is InChI=1S/C67H108O33/c1-26-49(96-59-48(83)53(41(76)32(24-71)93-59)98-58-46(81)51(87-10)39(74)30(22-69)92-58)43(78)44(79)55(89-26)99-54-42(77)33(94-56-47(82)52(40(75)31(23-70)90-56)97-57-45(80)50(86-9)38(73)29(21-68)91-57)25-88-60(54)95-37-15-18-64(6)28-20-36(72)67-35(66(8,100-61(67)84)17-11-16-62(2,3)85)14-19-65(67,7)27(28)12-13-34(64)63(37,4)5/h11,16,20,26-27,29-60,68-83,85H,12-15,17-19,21-25H2,1-10H3. The van der Waals surface area contributed by atoms with Gasteiger partial charge in [0.05, 0.1) is 56.9 Å². The Balaban J connectivity index is 0.841. The summed E-state index contributed by atoms with van der Waals surface area (Å²) >= 11 is 0. The number of allylic oxidation sites excluding steroid dienone is 1. The van der Waals surface area contributed by atoms with E-state index in [0.717, 1.165) is 5.57 Å². The van der Waals surface area contributed by atoms with Gasteiger partial charge in [-0.15, -0.1) is 0 Å². The highest BCUT2D eigenvalue weighted by Gasteiger charge is 2.79. The molecule has 7 heterocycles. The fraction of sp³-hybridized carbons (Fsp3) is 0.925. The average molecular weight is 1440 g/mol. The molecule has 11 rings (SSSR count). The molecule has 0 aromatic rings. The lowest BCUT2D eigenvalue weighted by Crippen LogP contribution is -2.67. The lowest BCUT2D eigenvalue weighted by Gasteiger charge is -2.64. The van der Waals surface area contributed by atoms with Gasteiger partial charge in [-0.05, 0) is 94.3 Å². The van der Waals surface area contributed by atoms with Gasteiger partial charge in [-0.1, -0.05) is 51.5 Å². The fourth-order valence-electron chi connectivity index (χ4n) is 19.1. The number of cyclic esters (lactones) is 1. The van der Waals surface area contributed by atoms with Crippen molar-refractivity contribution in [3.8, 4) is 0 Å². The lowest BCUT2D eigenvalue weighted by molar-refractivity contribution is -0.397. The zero-order chi connectivity index (χ0) is 73.0. The summed E-state index contributed by atoms with van der Waals surface area (Å²) in [7, 11) is 2.35. The Morgan fingerprint density at radius 2 is 0.990 bits per heavy atom. The second-order valence-corrected chi connectivity index (χ2v) is 31.2. The van der Waals surface area contributed by atoms with Crippen LogP contribution in [0.2, 0.25) is 0 Å². The number of hydrogen-bond acceptors (Lipinski definition) is 33. The van der Waals surface area contributed by atoms with Gasteiger partial charge in [0.2, 0.25) is 0 Å². The molecule has 38 atom stereocenters. The van der Waals surface area contributed by atoms with Gasteiger partial charge in [-0.25, -0.2) is 0 Å². The Kier molecular flexibility index (Phi) is 23.7. The van der Waals surface area contributed by atoms with Crippen LogP contribution in [0.4, 0.5) is 0 Å². The molecule has 7 saturated heterocycles. The van der Waals surface area contributed by atoms with Gasteiger partial charge < -0.3 is 158 Å². The molecule has 33 nitrogen and oxygen atoms in total. The first-order valence-electron chi connectivity index (χ1n) is 34.9. The topological polar surface area (TPSA) is 499 Å². The van der Waals surface area contributed by atoms with E-state index in [1.54, 1.807) is 19.9 Å². The first-order chi connectivity index (χ1) is 47.0. The third-order valence-electron chi connectivity index (χ3n) is 24.5. The summed E-state index contributed by atoms with van der Waals surface area (Å²) in [5.41, 5.74) is -4.13. The predicted molar refractivity (Wildman–Crippen MR) is 333 cm³/mol. The van der Waals surface area contributed by atoms with Crippen LogP contribution in [0, 0.1) is 39.4 Å². The molecule has 33 heteroatoms. The Morgan fingerprint density at radius 3 is 1.49 bits per heavy atom. The largest absolute Gasteiger partial charge is 0.458 e. The number of hydrogen-bond donors (Lipinski definition) is 17. The number of rotatable bonds is 21. The first kappa shape index (κ1) is 78.8. The van der Waals surface area contributed by atoms with Crippen molar-refractivity contribution in [1.29, 1.82) is 0 Å². The van der Waals surface area contributed by atoms with Gasteiger partial charge >= 0.3 is 5.97 Å². The fourth-order valence-corrected chi connectivity index (χ4v) is 19.1. The first-order valence-corrected chi connectivity index (χ1v) is 34.9. The van der Waals surface area contributed by atoms with E-state index >= 15 is 0 Å². The molecule has 574 valence electrons. The van der Waals surface area contributed by atoms with Crippen molar-refractivity contribution < 1.29 is 163 Å². The maximum atomic E-state index is 14.6. The Bertz CT molecular complexity index is 2830. The Morgan fingerprint density at radius 1 is 0.520 bits per heavy atom. The number of methoxy groups -OCH3 is 2. The number of aliphatic hydroxyl groups is 17. The van der Waals surface area contributed by atoms with Crippen LogP contribution in [-0.4, -0.2) is 342 Å². The van der Waals surface area contributed by atoms with E-state index < -0.39 is 262 Å². The molecule has 0 bridgehead atoms. The second kappa shape index (κ2) is 30.0. The van der Waals surface area contributed by atoms with Gasteiger partial charge in [0, 0.05) is 26.6 Å². The van der Waals surface area contributed by atoms with Crippen LogP contribution < -0.4 is 0 Å².